The van der Waals surface area contributed by atoms with Gasteiger partial charge in [-0.25, -0.2) is 13.6 Å². The van der Waals surface area contributed by atoms with Crippen LogP contribution in [-0.4, -0.2) is 27.4 Å². The Morgan fingerprint density at radius 3 is 2.32 bits per heavy atom. The summed E-state index contributed by atoms with van der Waals surface area (Å²) in [4.78, 5) is 14.9. The fourth-order valence-electron chi connectivity index (χ4n) is 1.48. The number of aliphatic imine (C=N–C) groups is 1. The average molecular weight is 286 g/mol. The summed E-state index contributed by atoms with van der Waals surface area (Å²) in [5.74, 6) is -1.11. The first-order chi connectivity index (χ1) is 8.66. The van der Waals surface area contributed by atoms with E-state index in [0.717, 1.165) is 6.07 Å². The Labute approximate surface area is 110 Å². The highest BCUT2D eigenvalue weighted by molar-refractivity contribution is 7.89. The molecule has 0 unspecified atom stereocenters. The first-order valence-electron chi connectivity index (χ1n) is 5.02. The molecular formula is C10H14N4O4S. The third-order valence-corrected chi connectivity index (χ3v) is 3.32. The zero-order valence-electron chi connectivity index (χ0n) is 10.4. The van der Waals surface area contributed by atoms with E-state index in [0.29, 0.717) is 5.56 Å². The van der Waals surface area contributed by atoms with Gasteiger partial charge in [0.05, 0.1) is 17.6 Å². The van der Waals surface area contributed by atoms with Crippen LogP contribution in [0.1, 0.15) is 15.9 Å². The first kappa shape index (κ1) is 14.9. The fraction of sp³-hybridized carbons (Fsp3) is 0.200. The number of hydrogen-bond donors (Lipinski definition) is 3. The van der Waals surface area contributed by atoms with Gasteiger partial charge in [0.1, 0.15) is 5.75 Å². The summed E-state index contributed by atoms with van der Waals surface area (Å²) in [6, 6.07) is 2.45. The number of carbonyl (C=O) groups is 1. The maximum Gasteiger partial charge on any atom is 0.283 e. The van der Waals surface area contributed by atoms with E-state index in [1.54, 1.807) is 0 Å². The van der Waals surface area contributed by atoms with E-state index in [1.807, 2.05) is 0 Å². The van der Waals surface area contributed by atoms with Crippen LogP contribution in [0.15, 0.2) is 22.0 Å². The van der Waals surface area contributed by atoms with Gasteiger partial charge in [-0.3, -0.25) is 4.79 Å². The molecule has 0 atom stereocenters. The van der Waals surface area contributed by atoms with E-state index in [1.165, 1.54) is 20.1 Å². The van der Waals surface area contributed by atoms with Crippen molar-refractivity contribution < 1.29 is 17.9 Å². The molecule has 0 aliphatic carbocycles. The number of amides is 1. The van der Waals surface area contributed by atoms with Gasteiger partial charge in [0, 0.05) is 0 Å². The van der Waals surface area contributed by atoms with Crippen LogP contribution in [-0.2, 0) is 10.0 Å². The maximum atomic E-state index is 11.8. The number of methoxy groups -OCH3 is 1. The zero-order chi connectivity index (χ0) is 14.8. The molecular weight excluding hydrogens is 272 g/mol. The molecule has 0 radical (unpaired) electrons. The summed E-state index contributed by atoms with van der Waals surface area (Å²) in [5.41, 5.74) is 10.5. The monoisotopic (exact) mass is 286 g/mol. The molecule has 0 saturated heterocycles. The Kier molecular flexibility index (Phi) is 4.12. The van der Waals surface area contributed by atoms with Crippen molar-refractivity contribution in [3.8, 4) is 5.75 Å². The predicted octanol–water partition coefficient (Wildman–Crippen LogP) is -0.935. The van der Waals surface area contributed by atoms with Crippen LogP contribution in [0, 0.1) is 6.92 Å². The normalized spacial score (nSPS) is 10.9. The highest BCUT2D eigenvalue weighted by Crippen LogP contribution is 2.26. The topological polar surface area (TPSA) is 151 Å². The lowest BCUT2D eigenvalue weighted by Crippen LogP contribution is -2.24. The standard InChI is InChI=1S/C10H14N4O4S/c1-5-3-7(18-2)6(9(15)14-10(11)12)4-8(5)19(13,16)17/h3-4H,1-2H3,(H2,13,16,17)(H4,11,12,14,15). The van der Waals surface area contributed by atoms with Gasteiger partial charge < -0.3 is 16.2 Å². The van der Waals surface area contributed by atoms with Crippen molar-refractivity contribution in [3.63, 3.8) is 0 Å². The lowest BCUT2D eigenvalue weighted by molar-refractivity contribution is 0.0999. The highest BCUT2D eigenvalue weighted by Gasteiger charge is 2.19. The number of ether oxygens (including phenoxy) is 1. The van der Waals surface area contributed by atoms with Gasteiger partial charge in [-0.05, 0) is 24.6 Å². The molecule has 0 aliphatic heterocycles. The molecule has 1 aromatic rings. The van der Waals surface area contributed by atoms with Gasteiger partial charge >= 0.3 is 0 Å². The SMILES string of the molecule is COc1cc(C)c(S(N)(=O)=O)cc1C(=O)N=C(N)N. The van der Waals surface area contributed by atoms with Crippen molar-refractivity contribution >= 4 is 21.9 Å². The van der Waals surface area contributed by atoms with Crippen LogP contribution in [0.2, 0.25) is 0 Å². The van der Waals surface area contributed by atoms with Crippen LogP contribution >= 0.6 is 0 Å². The number of benzene rings is 1. The molecule has 8 nitrogen and oxygen atoms in total. The minimum absolute atomic E-state index is 0.0921. The Bertz CT molecular complexity index is 648. The van der Waals surface area contributed by atoms with E-state index in [9.17, 15) is 13.2 Å². The average Bonchev–Trinajstić information content (AvgIpc) is 2.25. The van der Waals surface area contributed by atoms with E-state index in [-0.39, 0.29) is 16.2 Å². The third-order valence-electron chi connectivity index (χ3n) is 2.26. The molecule has 0 saturated carbocycles. The molecule has 1 rings (SSSR count). The summed E-state index contributed by atoms with van der Waals surface area (Å²) in [7, 11) is -2.63. The smallest absolute Gasteiger partial charge is 0.283 e. The van der Waals surface area contributed by atoms with Crippen LogP contribution in [0.3, 0.4) is 0 Å². The molecule has 19 heavy (non-hydrogen) atoms. The molecule has 1 aromatic carbocycles. The predicted molar refractivity (Wildman–Crippen MR) is 69.2 cm³/mol. The number of sulfonamides is 1. The second kappa shape index (κ2) is 5.24. The number of hydrogen-bond acceptors (Lipinski definition) is 4. The molecule has 0 fully saturated rings. The summed E-state index contributed by atoms with van der Waals surface area (Å²) in [5, 5.41) is 5.05. The van der Waals surface area contributed by atoms with Gasteiger partial charge in [0.25, 0.3) is 5.91 Å². The number of carbonyl (C=O) groups excluding carboxylic acids is 1. The van der Waals surface area contributed by atoms with Crippen molar-refractivity contribution in [1.82, 2.24) is 0 Å². The molecule has 0 spiro atoms. The molecule has 0 heterocycles. The highest BCUT2D eigenvalue weighted by atomic mass is 32.2. The van der Waals surface area contributed by atoms with Crippen molar-refractivity contribution in [2.75, 3.05) is 7.11 Å². The molecule has 1 amide bonds. The maximum absolute atomic E-state index is 11.8. The van der Waals surface area contributed by atoms with Crippen LogP contribution in [0.5, 0.6) is 5.75 Å². The van der Waals surface area contributed by atoms with E-state index >= 15 is 0 Å². The Morgan fingerprint density at radius 2 is 1.89 bits per heavy atom. The molecule has 0 bridgehead atoms. The second-order valence-corrected chi connectivity index (χ2v) is 5.23. The molecule has 0 aromatic heterocycles. The summed E-state index contributed by atoms with van der Waals surface area (Å²) >= 11 is 0. The Balaban J connectivity index is 3.55. The number of primary sulfonamides is 1. The molecule has 6 N–H and O–H groups in total. The van der Waals surface area contributed by atoms with Crippen molar-refractivity contribution in [2.45, 2.75) is 11.8 Å². The lowest BCUT2D eigenvalue weighted by Gasteiger charge is -2.10. The zero-order valence-corrected chi connectivity index (χ0v) is 11.2. The largest absolute Gasteiger partial charge is 0.496 e. The number of nitrogens with two attached hydrogens (primary N) is 3. The van der Waals surface area contributed by atoms with Crippen molar-refractivity contribution in [2.24, 2.45) is 21.6 Å². The van der Waals surface area contributed by atoms with Gasteiger partial charge in [0.15, 0.2) is 5.96 Å². The number of aryl methyl sites for hydroxylation is 1. The van der Waals surface area contributed by atoms with Gasteiger partial charge in [-0.2, -0.15) is 4.99 Å². The summed E-state index contributed by atoms with van der Waals surface area (Å²) < 4.78 is 27.8. The van der Waals surface area contributed by atoms with E-state index < -0.39 is 21.9 Å². The first-order valence-corrected chi connectivity index (χ1v) is 6.57. The quantitative estimate of drug-likeness (QED) is 0.482. The number of nitrogens with zero attached hydrogens (tertiary/aromatic N) is 1. The van der Waals surface area contributed by atoms with Crippen molar-refractivity contribution in [3.05, 3.63) is 23.3 Å². The van der Waals surface area contributed by atoms with Gasteiger partial charge in [-0.15, -0.1) is 0 Å². The van der Waals surface area contributed by atoms with Gasteiger partial charge in [-0.1, -0.05) is 0 Å². The Morgan fingerprint density at radius 1 is 1.32 bits per heavy atom. The third kappa shape index (κ3) is 3.42. The summed E-state index contributed by atoms with van der Waals surface area (Å²) in [6.07, 6.45) is 0. The molecule has 0 aliphatic rings. The Hall–Kier alpha value is -2.13. The summed E-state index contributed by atoms with van der Waals surface area (Å²) in [6.45, 7) is 1.52. The fourth-order valence-corrected chi connectivity index (χ4v) is 2.27. The van der Waals surface area contributed by atoms with E-state index in [2.05, 4.69) is 4.99 Å². The van der Waals surface area contributed by atoms with Crippen LogP contribution < -0.4 is 21.3 Å². The second-order valence-electron chi connectivity index (χ2n) is 3.70. The molecule has 9 heteroatoms. The minimum Gasteiger partial charge on any atom is -0.496 e. The van der Waals surface area contributed by atoms with Crippen LogP contribution in [0.25, 0.3) is 0 Å². The van der Waals surface area contributed by atoms with E-state index in [4.69, 9.17) is 21.3 Å². The lowest BCUT2D eigenvalue weighted by atomic mass is 10.1. The minimum atomic E-state index is -3.96. The number of guanidine groups is 1. The molecule has 104 valence electrons. The van der Waals surface area contributed by atoms with Crippen LogP contribution in [0.4, 0.5) is 0 Å². The van der Waals surface area contributed by atoms with Gasteiger partial charge in [0.2, 0.25) is 10.0 Å². The van der Waals surface area contributed by atoms with Crippen molar-refractivity contribution in [1.29, 1.82) is 0 Å². The number of rotatable bonds is 3.